The molecule has 1 aliphatic heterocycles. The van der Waals surface area contributed by atoms with Crippen LogP contribution >= 0.6 is 0 Å². The summed E-state index contributed by atoms with van der Waals surface area (Å²) in [4.78, 5) is 63.3. The summed E-state index contributed by atoms with van der Waals surface area (Å²) in [7, 11) is 1.48. The number of imide groups is 1. The van der Waals surface area contributed by atoms with Crippen LogP contribution in [0.4, 0.5) is 22.1 Å². The largest absolute Gasteiger partial charge is 0.461 e. The Morgan fingerprint density at radius 2 is 1.93 bits per heavy atom. The molecule has 2 saturated carbocycles. The average molecular weight is 627 g/mol. The van der Waals surface area contributed by atoms with Crippen molar-refractivity contribution >= 4 is 40.8 Å². The minimum atomic E-state index is -0.384. The van der Waals surface area contributed by atoms with Crippen molar-refractivity contribution in [3.8, 4) is 6.01 Å². The fourth-order valence-corrected chi connectivity index (χ4v) is 5.65. The molecule has 15 nitrogen and oxygen atoms in total. The van der Waals surface area contributed by atoms with Crippen LogP contribution in [0.1, 0.15) is 66.8 Å². The van der Waals surface area contributed by atoms with E-state index in [0.717, 1.165) is 29.0 Å². The quantitative estimate of drug-likeness (QED) is 0.208. The third kappa shape index (κ3) is 5.80. The van der Waals surface area contributed by atoms with Gasteiger partial charge in [0, 0.05) is 49.2 Å². The normalized spacial score (nSPS) is 19.9. The Balaban J connectivity index is 1.13. The van der Waals surface area contributed by atoms with E-state index in [2.05, 4.69) is 30.6 Å². The first-order valence-electron chi connectivity index (χ1n) is 15.3. The maximum atomic E-state index is 13.1. The molecule has 238 valence electrons. The molecule has 0 aromatic carbocycles. The molecule has 1 saturated heterocycles. The van der Waals surface area contributed by atoms with Crippen LogP contribution in [-0.2, 0) is 9.59 Å². The highest BCUT2D eigenvalue weighted by atomic mass is 16.5. The molecule has 0 unspecified atom stereocenters. The van der Waals surface area contributed by atoms with Gasteiger partial charge in [-0.25, -0.2) is 19.7 Å². The maximum Gasteiger partial charge on any atom is 0.331 e. The second-order valence-electron chi connectivity index (χ2n) is 12.0. The van der Waals surface area contributed by atoms with Crippen LogP contribution in [-0.4, -0.2) is 84.0 Å². The van der Waals surface area contributed by atoms with Gasteiger partial charge in [0.25, 0.3) is 0 Å². The SMILES string of the molecule is Cc1ccnc([C@H]2C[C@@H]2C(=O)Nc2cc(N[C@H](C)c3cn4cc(C5CC5)cc(N5CC(=O)N(C)C5=O)c4n3)nc(OCCO)n2)n1. The van der Waals surface area contributed by atoms with Gasteiger partial charge in [0.15, 0.2) is 5.65 Å². The lowest BCUT2D eigenvalue weighted by atomic mass is 10.1. The standard InChI is InChI=1S/C31H34N10O5/c1-16-6-7-32-27(33-16)20-11-21(20)29(44)36-25-12-24(37-30(38-25)46-9-8-42)34-17(2)22-14-40-13-19(18-4-5-18)10-23(28(40)35-22)41-15-26(43)39(3)31(41)45/h6-7,10,12-14,17-18,20-21,42H,4-5,8-9,11,15H2,1-3H3,(H2,34,36,37,38,44)/t17-,20+,21+/m1/s1. The Morgan fingerprint density at radius 1 is 1.13 bits per heavy atom. The van der Waals surface area contributed by atoms with E-state index in [1.165, 1.54) is 11.9 Å². The molecule has 3 atom stereocenters. The van der Waals surface area contributed by atoms with Crippen LogP contribution in [0.15, 0.2) is 36.8 Å². The predicted octanol–water partition coefficient (Wildman–Crippen LogP) is 2.78. The summed E-state index contributed by atoms with van der Waals surface area (Å²) >= 11 is 0. The maximum absolute atomic E-state index is 13.1. The van der Waals surface area contributed by atoms with Gasteiger partial charge in [0.2, 0.25) is 11.8 Å². The molecule has 15 heteroatoms. The fraction of sp³-hybridized carbons (Fsp3) is 0.419. The number of imidazole rings is 1. The second-order valence-corrected chi connectivity index (χ2v) is 12.0. The van der Waals surface area contributed by atoms with E-state index in [1.807, 2.05) is 42.8 Å². The number of likely N-dealkylation sites (N-methyl/N-ethyl adjacent to an activating group) is 1. The number of nitrogens with zero attached hydrogens (tertiary/aromatic N) is 8. The second kappa shape index (κ2) is 11.6. The van der Waals surface area contributed by atoms with Crippen LogP contribution in [0.3, 0.4) is 0 Å². The first-order chi connectivity index (χ1) is 22.2. The zero-order valence-electron chi connectivity index (χ0n) is 25.7. The number of hydrogen-bond donors (Lipinski definition) is 3. The van der Waals surface area contributed by atoms with E-state index < -0.39 is 0 Å². The van der Waals surface area contributed by atoms with Gasteiger partial charge < -0.3 is 24.9 Å². The molecule has 4 aromatic heterocycles. The highest BCUT2D eigenvalue weighted by Crippen LogP contribution is 2.46. The fourth-order valence-electron chi connectivity index (χ4n) is 5.65. The molecule has 4 amide bonds. The number of pyridine rings is 1. The summed E-state index contributed by atoms with van der Waals surface area (Å²) in [6, 6.07) is 4.63. The number of carbonyl (C=O) groups is 3. The molecule has 0 radical (unpaired) electrons. The van der Waals surface area contributed by atoms with Crippen molar-refractivity contribution in [2.75, 3.05) is 42.3 Å². The molecule has 5 heterocycles. The van der Waals surface area contributed by atoms with E-state index in [-0.39, 0.29) is 67.3 Å². The Labute approximate surface area is 264 Å². The number of carbonyl (C=O) groups excluding carboxylic acids is 3. The Hall–Kier alpha value is -5.18. The molecule has 3 N–H and O–H groups in total. The molecule has 2 aliphatic carbocycles. The number of urea groups is 1. The Bertz CT molecular complexity index is 1860. The molecule has 46 heavy (non-hydrogen) atoms. The number of aromatic nitrogens is 6. The zero-order chi connectivity index (χ0) is 32.1. The van der Waals surface area contributed by atoms with Crippen molar-refractivity contribution < 1.29 is 24.2 Å². The van der Waals surface area contributed by atoms with Crippen LogP contribution in [0.5, 0.6) is 6.01 Å². The van der Waals surface area contributed by atoms with Crippen molar-refractivity contribution in [1.82, 2.24) is 34.2 Å². The average Bonchev–Trinajstić information content (AvgIpc) is 3.96. The molecule has 4 aromatic rings. The summed E-state index contributed by atoms with van der Waals surface area (Å²) in [5.41, 5.74) is 3.76. The van der Waals surface area contributed by atoms with E-state index in [1.54, 1.807) is 12.3 Å². The lowest BCUT2D eigenvalue weighted by Crippen LogP contribution is -2.30. The van der Waals surface area contributed by atoms with E-state index in [4.69, 9.17) is 9.72 Å². The smallest absolute Gasteiger partial charge is 0.331 e. The van der Waals surface area contributed by atoms with Crippen LogP contribution in [0, 0.1) is 12.8 Å². The summed E-state index contributed by atoms with van der Waals surface area (Å²) in [5, 5.41) is 15.5. The van der Waals surface area contributed by atoms with Gasteiger partial charge in [0.05, 0.1) is 24.0 Å². The lowest BCUT2D eigenvalue weighted by molar-refractivity contribution is -0.124. The van der Waals surface area contributed by atoms with Crippen molar-refractivity contribution in [2.24, 2.45) is 5.92 Å². The van der Waals surface area contributed by atoms with E-state index in [0.29, 0.717) is 41.0 Å². The van der Waals surface area contributed by atoms with Crippen molar-refractivity contribution in [1.29, 1.82) is 0 Å². The molecule has 0 bridgehead atoms. The number of ether oxygens (including phenoxy) is 1. The lowest BCUT2D eigenvalue weighted by Gasteiger charge is -2.17. The minimum Gasteiger partial charge on any atom is -0.461 e. The van der Waals surface area contributed by atoms with E-state index >= 15 is 0 Å². The van der Waals surface area contributed by atoms with Gasteiger partial charge in [-0.05, 0) is 56.7 Å². The molecular weight excluding hydrogens is 592 g/mol. The third-order valence-electron chi connectivity index (χ3n) is 8.46. The number of anilines is 3. The summed E-state index contributed by atoms with van der Waals surface area (Å²) < 4.78 is 7.40. The van der Waals surface area contributed by atoms with E-state index in [9.17, 15) is 19.5 Å². The molecule has 7 rings (SSSR count). The zero-order valence-corrected chi connectivity index (χ0v) is 25.7. The van der Waals surface area contributed by atoms with Gasteiger partial charge in [-0.3, -0.25) is 19.4 Å². The van der Waals surface area contributed by atoms with Gasteiger partial charge >= 0.3 is 12.0 Å². The van der Waals surface area contributed by atoms with Crippen LogP contribution in [0.2, 0.25) is 0 Å². The van der Waals surface area contributed by atoms with Gasteiger partial charge in [-0.2, -0.15) is 9.97 Å². The topological polar surface area (TPSA) is 180 Å². The van der Waals surface area contributed by atoms with Gasteiger partial charge in [-0.15, -0.1) is 0 Å². The number of nitrogens with one attached hydrogen (secondary N) is 2. The summed E-state index contributed by atoms with van der Waals surface area (Å²) in [6.07, 6.45) is 8.40. The number of fused-ring (bicyclic) bond motifs is 1. The monoisotopic (exact) mass is 626 g/mol. The predicted molar refractivity (Wildman–Crippen MR) is 166 cm³/mol. The van der Waals surface area contributed by atoms with Crippen molar-refractivity contribution in [2.45, 2.75) is 51.0 Å². The Kier molecular flexibility index (Phi) is 7.47. The third-order valence-corrected chi connectivity index (χ3v) is 8.46. The van der Waals surface area contributed by atoms with Crippen LogP contribution < -0.4 is 20.3 Å². The summed E-state index contributed by atoms with van der Waals surface area (Å²) in [5.74, 6) is 0.869. The number of aliphatic hydroxyl groups is 1. The number of rotatable bonds is 11. The molecule has 3 fully saturated rings. The highest BCUT2D eigenvalue weighted by molar-refractivity contribution is 6.13. The molecular formula is C31H34N10O5. The summed E-state index contributed by atoms with van der Waals surface area (Å²) in [6.45, 7) is 3.51. The van der Waals surface area contributed by atoms with Crippen LogP contribution in [0.25, 0.3) is 5.65 Å². The molecule has 3 aliphatic rings. The number of amides is 4. The molecule has 0 spiro atoms. The van der Waals surface area contributed by atoms with Gasteiger partial charge in [0.1, 0.15) is 30.6 Å². The van der Waals surface area contributed by atoms with Gasteiger partial charge in [-0.1, -0.05) is 0 Å². The first-order valence-corrected chi connectivity index (χ1v) is 15.3. The number of aryl methyl sites for hydroxylation is 1. The highest BCUT2D eigenvalue weighted by Gasteiger charge is 2.46. The minimum absolute atomic E-state index is 0.0105. The van der Waals surface area contributed by atoms with Crippen molar-refractivity contribution in [3.63, 3.8) is 0 Å². The number of aliphatic hydroxyl groups excluding tert-OH is 1. The first kappa shape index (κ1) is 29.5. The van der Waals surface area contributed by atoms with Crippen molar-refractivity contribution in [3.05, 3.63) is 59.6 Å². The number of hydrogen-bond acceptors (Lipinski definition) is 11. The Morgan fingerprint density at radius 3 is 2.65 bits per heavy atom.